The molecule has 0 aromatic heterocycles. The van der Waals surface area contributed by atoms with Crippen molar-refractivity contribution in [3.8, 4) is 5.75 Å². The van der Waals surface area contributed by atoms with Crippen molar-refractivity contribution in [1.82, 2.24) is 20.9 Å². The Balaban J connectivity index is 1.64. The molecule has 3 amide bonds. The normalized spacial score (nSPS) is 15.7. The lowest BCUT2D eigenvalue weighted by atomic mass is 10.0. The largest absolute Gasteiger partial charge is 0.489 e. The van der Waals surface area contributed by atoms with Gasteiger partial charge in [-0.1, -0.05) is 69.2 Å². The molecule has 2 atom stereocenters. The fourth-order valence-electron chi connectivity index (χ4n) is 4.87. The van der Waals surface area contributed by atoms with Gasteiger partial charge in [0.2, 0.25) is 5.91 Å². The second-order valence-corrected chi connectivity index (χ2v) is 12.5. The lowest BCUT2D eigenvalue weighted by molar-refractivity contribution is -0.124. The molecule has 3 N–H and O–H groups in total. The van der Waals surface area contributed by atoms with Crippen LogP contribution in [0.5, 0.6) is 5.75 Å². The molecule has 1 fully saturated rings. The number of benzene rings is 2. The van der Waals surface area contributed by atoms with Crippen molar-refractivity contribution in [1.29, 1.82) is 0 Å². The standard InChI is InChI=1S/C33H50N4O3/c1-25(2)21-30(36-32(39)37-19-11-6-7-12-20-37)31(38)35-28(23-34-33(3,4)5)22-26-15-17-29(18-16-26)40-24-27-13-9-8-10-14-27/h8-10,13-18,25,28,30,34H,6-7,11-12,19-24H2,1-5H3,(H,35,38)(H,36,39). The minimum absolute atomic E-state index is 0.0869. The second kappa shape index (κ2) is 15.7. The molecule has 220 valence electrons. The molecule has 7 nitrogen and oxygen atoms in total. The number of hydrogen-bond donors (Lipinski definition) is 3. The number of rotatable bonds is 12. The van der Waals surface area contributed by atoms with Crippen molar-refractivity contribution in [2.45, 2.75) is 97.4 Å². The quantitative estimate of drug-likeness (QED) is 0.318. The molecule has 0 saturated carbocycles. The van der Waals surface area contributed by atoms with E-state index < -0.39 is 6.04 Å². The summed E-state index contributed by atoms with van der Waals surface area (Å²) in [5.74, 6) is 0.962. The van der Waals surface area contributed by atoms with Gasteiger partial charge in [0.15, 0.2) is 0 Å². The highest BCUT2D eigenvalue weighted by Crippen LogP contribution is 2.16. The maximum atomic E-state index is 13.6. The third-order valence-electron chi connectivity index (χ3n) is 7.09. The van der Waals surface area contributed by atoms with E-state index in [-0.39, 0.29) is 29.4 Å². The smallest absolute Gasteiger partial charge is 0.318 e. The Morgan fingerprint density at radius 3 is 2.12 bits per heavy atom. The van der Waals surface area contributed by atoms with Crippen LogP contribution in [0.25, 0.3) is 0 Å². The molecule has 1 saturated heterocycles. The maximum absolute atomic E-state index is 13.6. The Hall–Kier alpha value is -3.06. The molecule has 1 aliphatic heterocycles. The molecule has 2 aromatic rings. The van der Waals surface area contributed by atoms with Gasteiger partial charge in [0.1, 0.15) is 18.4 Å². The molecule has 0 aliphatic carbocycles. The Morgan fingerprint density at radius 2 is 1.52 bits per heavy atom. The summed E-state index contributed by atoms with van der Waals surface area (Å²) in [5.41, 5.74) is 2.15. The fraction of sp³-hybridized carbons (Fsp3) is 0.576. The van der Waals surface area contributed by atoms with E-state index in [1.54, 1.807) is 0 Å². The number of ether oxygens (including phenoxy) is 1. The Labute approximate surface area is 241 Å². The highest BCUT2D eigenvalue weighted by atomic mass is 16.5. The third kappa shape index (κ3) is 11.6. The van der Waals surface area contributed by atoms with Gasteiger partial charge in [-0.2, -0.15) is 0 Å². The van der Waals surface area contributed by atoms with Gasteiger partial charge in [0, 0.05) is 31.2 Å². The number of amides is 3. The van der Waals surface area contributed by atoms with E-state index in [1.807, 2.05) is 47.4 Å². The Bertz CT molecular complexity index is 1030. The van der Waals surface area contributed by atoms with Crippen LogP contribution in [0.15, 0.2) is 54.6 Å². The van der Waals surface area contributed by atoms with Gasteiger partial charge in [0.25, 0.3) is 0 Å². The summed E-state index contributed by atoms with van der Waals surface area (Å²) in [4.78, 5) is 28.5. The summed E-state index contributed by atoms with van der Waals surface area (Å²) in [5, 5.41) is 9.86. The number of nitrogens with one attached hydrogen (secondary N) is 3. The van der Waals surface area contributed by atoms with Crippen molar-refractivity contribution >= 4 is 11.9 Å². The zero-order valence-corrected chi connectivity index (χ0v) is 25.2. The van der Waals surface area contributed by atoms with Crippen LogP contribution in [0, 0.1) is 5.92 Å². The van der Waals surface area contributed by atoms with E-state index in [1.165, 1.54) is 0 Å². The van der Waals surface area contributed by atoms with E-state index in [2.05, 4.69) is 62.7 Å². The number of likely N-dealkylation sites (tertiary alicyclic amines) is 1. The van der Waals surface area contributed by atoms with Crippen LogP contribution in [0.4, 0.5) is 4.79 Å². The summed E-state index contributed by atoms with van der Waals surface area (Å²) in [6.45, 7) is 13.2. The van der Waals surface area contributed by atoms with Crippen LogP contribution in [0.2, 0.25) is 0 Å². The summed E-state index contributed by atoms with van der Waals surface area (Å²) in [7, 11) is 0. The van der Waals surface area contributed by atoms with Gasteiger partial charge in [-0.15, -0.1) is 0 Å². The first-order valence-electron chi connectivity index (χ1n) is 15.0. The number of urea groups is 1. The highest BCUT2D eigenvalue weighted by molar-refractivity contribution is 5.87. The Morgan fingerprint density at radius 1 is 0.875 bits per heavy atom. The minimum atomic E-state index is -0.568. The van der Waals surface area contributed by atoms with E-state index >= 15 is 0 Å². The number of carbonyl (C=O) groups is 2. The second-order valence-electron chi connectivity index (χ2n) is 12.5. The highest BCUT2D eigenvalue weighted by Gasteiger charge is 2.27. The van der Waals surface area contributed by atoms with Crippen molar-refractivity contribution in [3.05, 3.63) is 65.7 Å². The summed E-state index contributed by atoms with van der Waals surface area (Å²) in [6, 6.07) is 17.4. The third-order valence-corrected chi connectivity index (χ3v) is 7.09. The molecule has 3 rings (SSSR count). The molecular weight excluding hydrogens is 500 g/mol. The van der Waals surface area contributed by atoms with Crippen molar-refractivity contribution in [3.63, 3.8) is 0 Å². The summed E-state index contributed by atoms with van der Waals surface area (Å²) in [6.07, 6.45) is 5.61. The molecular formula is C33H50N4O3. The average Bonchev–Trinajstić information content (AvgIpc) is 3.21. The molecule has 0 bridgehead atoms. The fourth-order valence-corrected chi connectivity index (χ4v) is 4.87. The summed E-state index contributed by atoms with van der Waals surface area (Å²) < 4.78 is 5.95. The maximum Gasteiger partial charge on any atom is 0.318 e. The van der Waals surface area contributed by atoms with E-state index in [0.717, 1.165) is 55.6 Å². The lowest BCUT2D eigenvalue weighted by Gasteiger charge is -2.29. The summed E-state index contributed by atoms with van der Waals surface area (Å²) >= 11 is 0. The van der Waals surface area contributed by atoms with Crippen molar-refractivity contribution < 1.29 is 14.3 Å². The monoisotopic (exact) mass is 550 g/mol. The average molecular weight is 551 g/mol. The Kier molecular flexibility index (Phi) is 12.3. The zero-order chi connectivity index (χ0) is 29.0. The van der Waals surface area contributed by atoms with Crippen LogP contribution >= 0.6 is 0 Å². The molecule has 2 unspecified atom stereocenters. The molecule has 0 radical (unpaired) electrons. The molecule has 1 aliphatic rings. The van der Waals surface area contributed by atoms with Crippen molar-refractivity contribution in [2.24, 2.45) is 5.92 Å². The first kappa shape index (κ1) is 31.5. The predicted molar refractivity (Wildman–Crippen MR) is 162 cm³/mol. The van der Waals surface area contributed by atoms with Gasteiger partial charge in [0.05, 0.1) is 0 Å². The molecule has 2 aromatic carbocycles. The molecule has 7 heteroatoms. The van der Waals surface area contributed by atoms with Crippen LogP contribution in [0.1, 0.15) is 77.8 Å². The molecule has 1 heterocycles. The SMILES string of the molecule is CC(C)CC(NC(=O)N1CCCCCC1)C(=O)NC(CNC(C)(C)C)Cc1ccc(OCc2ccccc2)cc1. The molecule has 40 heavy (non-hydrogen) atoms. The first-order chi connectivity index (χ1) is 19.1. The van der Waals surface area contributed by atoms with Gasteiger partial charge >= 0.3 is 6.03 Å². The van der Waals surface area contributed by atoms with E-state index in [9.17, 15) is 9.59 Å². The topological polar surface area (TPSA) is 82.7 Å². The van der Waals surface area contributed by atoms with Gasteiger partial charge in [-0.3, -0.25) is 4.79 Å². The van der Waals surface area contributed by atoms with E-state index in [0.29, 0.717) is 26.0 Å². The zero-order valence-electron chi connectivity index (χ0n) is 25.2. The van der Waals surface area contributed by atoms with Gasteiger partial charge in [-0.05, 0) is 75.6 Å². The van der Waals surface area contributed by atoms with Crippen LogP contribution < -0.4 is 20.7 Å². The number of nitrogens with zero attached hydrogens (tertiary/aromatic N) is 1. The molecule has 0 spiro atoms. The van der Waals surface area contributed by atoms with E-state index in [4.69, 9.17) is 4.74 Å². The van der Waals surface area contributed by atoms with Crippen LogP contribution in [-0.4, -0.2) is 54.1 Å². The van der Waals surface area contributed by atoms with Gasteiger partial charge in [-0.25, -0.2) is 4.79 Å². The first-order valence-corrected chi connectivity index (χ1v) is 15.0. The lowest BCUT2D eigenvalue weighted by Crippen LogP contribution is -2.56. The number of hydrogen-bond acceptors (Lipinski definition) is 4. The minimum Gasteiger partial charge on any atom is -0.489 e. The van der Waals surface area contributed by atoms with Crippen LogP contribution in [-0.2, 0) is 17.8 Å². The predicted octanol–water partition coefficient (Wildman–Crippen LogP) is 5.68. The van der Waals surface area contributed by atoms with Crippen molar-refractivity contribution in [2.75, 3.05) is 19.6 Å². The van der Waals surface area contributed by atoms with Gasteiger partial charge < -0.3 is 25.6 Å². The van der Waals surface area contributed by atoms with Crippen LogP contribution in [0.3, 0.4) is 0 Å². The number of carbonyl (C=O) groups excluding carboxylic acids is 2.